The van der Waals surface area contributed by atoms with E-state index in [1.165, 1.54) is 5.56 Å². The highest BCUT2D eigenvalue weighted by Gasteiger charge is 2.29. The number of fused-ring (bicyclic) bond motifs is 2. The van der Waals surface area contributed by atoms with Crippen molar-refractivity contribution in [3.8, 4) is 5.88 Å². The standard InChI is InChI=1S/C21H21N3O2/c1-4-9-26-24-19-14-7-5-6-8-16(14)22-20(19)18-15-10-12(2)13(3)11-17(15)23-21(18)25/h5-8,10-11,23,25H,4,9H2,1-3H3/b24-19+. The van der Waals surface area contributed by atoms with Gasteiger partial charge in [-0.3, -0.25) is 0 Å². The fraction of sp³-hybridized carbons (Fsp3) is 0.238. The SMILES string of the molecule is CCCO/N=C1/C(c2c(O)[nH]c3cc(C)c(C)cc23)=Nc2ccccc21. The first-order valence-corrected chi connectivity index (χ1v) is 8.80. The van der Waals surface area contributed by atoms with Gasteiger partial charge in [0.2, 0.25) is 0 Å². The van der Waals surface area contributed by atoms with Crippen LogP contribution in [0.3, 0.4) is 0 Å². The van der Waals surface area contributed by atoms with Crippen LogP contribution in [0.25, 0.3) is 10.9 Å². The lowest BCUT2D eigenvalue weighted by Gasteiger charge is -2.06. The summed E-state index contributed by atoms with van der Waals surface area (Å²) in [6, 6.07) is 11.9. The first-order valence-electron chi connectivity index (χ1n) is 8.80. The topological polar surface area (TPSA) is 70.0 Å². The molecule has 5 heteroatoms. The van der Waals surface area contributed by atoms with E-state index >= 15 is 0 Å². The van der Waals surface area contributed by atoms with E-state index < -0.39 is 0 Å². The summed E-state index contributed by atoms with van der Waals surface area (Å²) >= 11 is 0. The van der Waals surface area contributed by atoms with Crippen LogP contribution in [0.2, 0.25) is 0 Å². The number of hydrogen-bond donors (Lipinski definition) is 2. The van der Waals surface area contributed by atoms with Crippen molar-refractivity contribution in [2.45, 2.75) is 27.2 Å². The first-order chi connectivity index (χ1) is 12.6. The molecule has 2 N–H and O–H groups in total. The van der Waals surface area contributed by atoms with E-state index in [9.17, 15) is 5.11 Å². The molecule has 0 bridgehead atoms. The number of benzene rings is 2. The van der Waals surface area contributed by atoms with Gasteiger partial charge in [0.15, 0.2) is 5.88 Å². The lowest BCUT2D eigenvalue weighted by atomic mass is 9.99. The van der Waals surface area contributed by atoms with Crippen LogP contribution in [0.15, 0.2) is 46.5 Å². The van der Waals surface area contributed by atoms with Crippen LogP contribution in [-0.4, -0.2) is 28.1 Å². The van der Waals surface area contributed by atoms with E-state index in [-0.39, 0.29) is 5.88 Å². The first kappa shape index (κ1) is 16.4. The van der Waals surface area contributed by atoms with E-state index in [2.05, 4.69) is 30.1 Å². The maximum atomic E-state index is 10.6. The predicted octanol–water partition coefficient (Wildman–Crippen LogP) is 4.76. The molecule has 26 heavy (non-hydrogen) atoms. The quantitative estimate of drug-likeness (QED) is 0.528. The number of rotatable bonds is 4. The molecular weight excluding hydrogens is 326 g/mol. The van der Waals surface area contributed by atoms with E-state index in [1.54, 1.807) is 0 Å². The zero-order valence-corrected chi connectivity index (χ0v) is 15.1. The summed E-state index contributed by atoms with van der Waals surface area (Å²) in [7, 11) is 0. The third-order valence-corrected chi connectivity index (χ3v) is 4.70. The second kappa shape index (κ2) is 6.33. The number of aryl methyl sites for hydroxylation is 2. The Hall–Kier alpha value is -3.08. The summed E-state index contributed by atoms with van der Waals surface area (Å²) in [6.45, 7) is 6.69. The van der Waals surface area contributed by atoms with Crippen LogP contribution in [-0.2, 0) is 4.84 Å². The summed E-state index contributed by atoms with van der Waals surface area (Å²) in [5.41, 5.74) is 6.91. The van der Waals surface area contributed by atoms with Crippen LogP contribution < -0.4 is 0 Å². The van der Waals surface area contributed by atoms with E-state index in [4.69, 9.17) is 9.83 Å². The fourth-order valence-electron chi connectivity index (χ4n) is 3.22. The number of aromatic nitrogens is 1. The smallest absolute Gasteiger partial charge is 0.199 e. The molecule has 0 saturated heterocycles. The van der Waals surface area contributed by atoms with E-state index in [1.807, 2.05) is 37.3 Å². The maximum Gasteiger partial charge on any atom is 0.199 e. The van der Waals surface area contributed by atoms with Crippen molar-refractivity contribution in [2.75, 3.05) is 6.61 Å². The minimum atomic E-state index is 0.0970. The molecule has 5 nitrogen and oxygen atoms in total. The number of oxime groups is 1. The molecule has 1 aliphatic rings. The summed E-state index contributed by atoms with van der Waals surface area (Å²) in [5, 5.41) is 15.9. The van der Waals surface area contributed by atoms with Crippen molar-refractivity contribution in [1.29, 1.82) is 0 Å². The Morgan fingerprint density at radius 2 is 1.92 bits per heavy atom. The van der Waals surface area contributed by atoms with Crippen LogP contribution in [0, 0.1) is 13.8 Å². The third-order valence-electron chi connectivity index (χ3n) is 4.70. The molecule has 3 aromatic rings. The summed E-state index contributed by atoms with van der Waals surface area (Å²) in [5.74, 6) is 0.0970. The lowest BCUT2D eigenvalue weighted by molar-refractivity contribution is 0.146. The maximum absolute atomic E-state index is 10.6. The van der Waals surface area contributed by atoms with Gasteiger partial charge < -0.3 is 14.9 Å². The third kappa shape index (κ3) is 2.56. The molecule has 0 saturated carbocycles. The lowest BCUT2D eigenvalue weighted by Crippen LogP contribution is -2.13. The summed E-state index contributed by atoms with van der Waals surface area (Å²) in [4.78, 5) is 13.3. The Morgan fingerprint density at radius 3 is 2.73 bits per heavy atom. The molecule has 0 radical (unpaired) electrons. The second-order valence-electron chi connectivity index (χ2n) is 6.58. The summed E-state index contributed by atoms with van der Waals surface area (Å²) < 4.78 is 0. The van der Waals surface area contributed by atoms with Gasteiger partial charge in [-0.15, -0.1) is 0 Å². The van der Waals surface area contributed by atoms with Crippen LogP contribution in [0.5, 0.6) is 5.88 Å². The Morgan fingerprint density at radius 1 is 1.15 bits per heavy atom. The highest BCUT2D eigenvalue weighted by Crippen LogP contribution is 2.36. The Bertz CT molecular complexity index is 1060. The molecular formula is C21H21N3O2. The van der Waals surface area contributed by atoms with Crippen molar-refractivity contribution in [3.05, 3.63) is 58.7 Å². The van der Waals surface area contributed by atoms with Gasteiger partial charge in [0.25, 0.3) is 0 Å². The van der Waals surface area contributed by atoms with Crippen molar-refractivity contribution in [3.63, 3.8) is 0 Å². The molecule has 2 aromatic carbocycles. The van der Waals surface area contributed by atoms with Gasteiger partial charge in [-0.05, 0) is 49.6 Å². The van der Waals surface area contributed by atoms with Gasteiger partial charge in [-0.25, -0.2) is 4.99 Å². The number of H-pyrrole nitrogens is 1. The van der Waals surface area contributed by atoms with Crippen molar-refractivity contribution < 1.29 is 9.94 Å². The van der Waals surface area contributed by atoms with Crippen molar-refractivity contribution in [1.82, 2.24) is 4.98 Å². The fourth-order valence-corrected chi connectivity index (χ4v) is 3.22. The molecule has 0 unspecified atom stereocenters. The minimum absolute atomic E-state index is 0.0970. The van der Waals surface area contributed by atoms with Gasteiger partial charge in [0.1, 0.15) is 18.0 Å². The van der Waals surface area contributed by atoms with Gasteiger partial charge in [-0.2, -0.15) is 0 Å². The zero-order valence-electron chi connectivity index (χ0n) is 15.1. The zero-order chi connectivity index (χ0) is 18.3. The van der Waals surface area contributed by atoms with E-state index in [0.29, 0.717) is 23.6 Å². The number of nitrogens with zero attached hydrogens (tertiary/aromatic N) is 2. The number of aliphatic imine (C=N–C) groups is 1. The number of hydrogen-bond acceptors (Lipinski definition) is 4. The number of nitrogens with one attached hydrogen (secondary N) is 1. The number of aromatic hydroxyl groups is 1. The molecule has 2 heterocycles. The minimum Gasteiger partial charge on any atom is -0.494 e. The van der Waals surface area contributed by atoms with E-state index in [0.717, 1.165) is 34.1 Å². The molecule has 0 fully saturated rings. The van der Waals surface area contributed by atoms with Crippen molar-refractivity contribution >= 4 is 28.0 Å². The average molecular weight is 347 g/mol. The second-order valence-corrected chi connectivity index (χ2v) is 6.58. The molecule has 0 atom stereocenters. The number of aromatic amines is 1. The molecule has 0 spiro atoms. The normalized spacial score (nSPS) is 14.7. The highest BCUT2D eigenvalue weighted by molar-refractivity contribution is 6.58. The molecule has 4 rings (SSSR count). The predicted molar refractivity (Wildman–Crippen MR) is 105 cm³/mol. The van der Waals surface area contributed by atoms with Gasteiger partial charge in [-0.1, -0.05) is 30.3 Å². The molecule has 1 aliphatic heterocycles. The average Bonchev–Trinajstić information content (AvgIpc) is 3.12. The van der Waals surface area contributed by atoms with Gasteiger partial charge >= 0.3 is 0 Å². The Labute approximate surface area is 152 Å². The van der Waals surface area contributed by atoms with Gasteiger partial charge in [0.05, 0.1) is 11.3 Å². The highest BCUT2D eigenvalue weighted by atomic mass is 16.6. The van der Waals surface area contributed by atoms with Crippen LogP contribution in [0.4, 0.5) is 5.69 Å². The largest absolute Gasteiger partial charge is 0.494 e. The van der Waals surface area contributed by atoms with Crippen LogP contribution in [0.1, 0.15) is 35.6 Å². The Kier molecular flexibility index (Phi) is 3.99. The van der Waals surface area contributed by atoms with Crippen LogP contribution >= 0.6 is 0 Å². The number of para-hydroxylation sites is 1. The van der Waals surface area contributed by atoms with Crippen molar-refractivity contribution in [2.24, 2.45) is 10.1 Å². The molecule has 1 aromatic heterocycles. The monoisotopic (exact) mass is 347 g/mol. The molecule has 0 amide bonds. The Balaban J connectivity index is 1.92. The molecule has 132 valence electrons. The van der Waals surface area contributed by atoms with Gasteiger partial charge in [0, 0.05) is 16.5 Å². The molecule has 0 aliphatic carbocycles. The summed E-state index contributed by atoms with van der Waals surface area (Å²) in [6.07, 6.45) is 0.877.